The predicted molar refractivity (Wildman–Crippen MR) is 114 cm³/mol. The van der Waals surface area contributed by atoms with Crippen LogP contribution in [-0.4, -0.2) is 54.5 Å². The molecule has 2 aliphatic heterocycles. The van der Waals surface area contributed by atoms with Gasteiger partial charge in [0.05, 0.1) is 14.2 Å². The third-order valence-electron chi connectivity index (χ3n) is 6.28. The number of nitrogens with zero attached hydrogens (tertiary/aromatic N) is 2. The van der Waals surface area contributed by atoms with Gasteiger partial charge in [0.25, 0.3) is 5.91 Å². The molecule has 2 heterocycles. The fraction of sp³-hybridized carbons (Fsp3) is 0.417. The Kier molecular flexibility index (Phi) is 5.66. The second-order valence-electron chi connectivity index (χ2n) is 7.98. The first-order valence-electron chi connectivity index (χ1n) is 10.5. The number of ether oxygens (including phenoxy) is 2. The molecular weight excluding hydrogens is 380 g/mol. The van der Waals surface area contributed by atoms with Crippen molar-refractivity contribution in [2.75, 3.05) is 27.3 Å². The summed E-state index contributed by atoms with van der Waals surface area (Å²) in [5, 5.41) is 0. The average molecular weight is 408 g/mol. The molecule has 0 aliphatic carbocycles. The van der Waals surface area contributed by atoms with Gasteiger partial charge in [-0.05, 0) is 49.4 Å². The van der Waals surface area contributed by atoms with E-state index in [1.54, 1.807) is 37.3 Å². The zero-order valence-corrected chi connectivity index (χ0v) is 17.6. The van der Waals surface area contributed by atoms with E-state index in [0.717, 1.165) is 37.8 Å². The lowest BCUT2D eigenvalue weighted by atomic mass is 9.84. The summed E-state index contributed by atoms with van der Waals surface area (Å²) in [6, 6.07) is 15.2. The third-order valence-corrected chi connectivity index (χ3v) is 6.28. The van der Waals surface area contributed by atoms with Crippen LogP contribution in [0.3, 0.4) is 0 Å². The molecule has 2 saturated heterocycles. The number of hydrogen-bond donors (Lipinski definition) is 0. The second kappa shape index (κ2) is 8.38. The van der Waals surface area contributed by atoms with Crippen LogP contribution in [0.25, 0.3) is 0 Å². The van der Waals surface area contributed by atoms with Crippen LogP contribution in [0, 0.1) is 0 Å². The molecule has 0 radical (unpaired) electrons. The van der Waals surface area contributed by atoms with Gasteiger partial charge in [-0.1, -0.05) is 30.3 Å². The molecule has 1 spiro atoms. The maximum absolute atomic E-state index is 13.6. The minimum Gasteiger partial charge on any atom is -0.493 e. The third kappa shape index (κ3) is 3.51. The van der Waals surface area contributed by atoms with Crippen LogP contribution in [-0.2, 0) is 11.3 Å². The van der Waals surface area contributed by atoms with Crippen molar-refractivity contribution in [2.24, 2.45) is 0 Å². The molecule has 0 saturated carbocycles. The van der Waals surface area contributed by atoms with Gasteiger partial charge >= 0.3 is 0 Å². The van der Waals surface area contributed by atoms with Crippen molar-refractivity contribution < 1.29 is 19.1 Å². The van der Waals surface area contributed by atoms with E-state index in [4.69, 9.17) is 9.47 Å². The molecule has 2 aliphatic rings. The van der Waals surface area contributed by atoms with E-state index in [-0.39, 0.29) is 11.8 Å². The zero-order valence-electron chi connectivity index (χ0n) is 17.6. The number of piperidine rings is 1. The Labute approximate surface area is 177 Å². The number of amides is 2. The summed E-state index contributed by atoms with van der Waals surface area (Å²) >= 11 is 0. The first-order chi connectivity index (χ1) is 14.6. The van der Waals surface area contributed by atoms with Gasteiger partial charge in [0.2, 0.25) is 5.91 Å². The minimum absolute atomic E-state index is 0.0731. The molecule has 0 aromatic heterocycles. The molecule has 2 aromatic rings. The Morgan fingerprint density at radius 1 is 0.967 bits per heavy atom. The normalized spacial score (nSPS) is 21.2. The quantitative estimate of drug-likeness (QED) is 0.760. The SMILES string of the molecule is COc1ccc(C(=O)N2CCCC23CCCN(Cc2ccccc2)C3=O)cc1OC. The summed E-state index contributed by atoms with van der Waals surface area (Å²) in [5.41, 5.74) is 0.887. The van der Waals surface area contributed by atoms with E-state index < -0.39 is 5.54 Å². The van der Waals surface area contributed by atoms with Crippen LogP contribution in [0.15, 0.2) is 48.5 Å². The highest BCUT2D eigenvalue weighted by atomic mass is 16.5. The van der Waals surface area contributed by atoms with Crippen molar-refractivity contribution in [2.45, 2.75) is 37.8 Å². The van der Waals surface area contributed by atoms with Gasteiger partial charge in [-0.25, -0.2) is 0 Å². The van der Waals surface area contributed by atoms with Gasteiger partial charge < -0.3 is 19.3 Å². The predicted octanol–water partition coefficient (Wildman–Crippen LogP) is 3.50. The molecule has 158 valence electrons. The largest absolute Gasteiger partial charge is 0.493 e. The highest BCUT2D eigenvalue weighted by Crippen LogP contribution is 2.40. The van der Waals surface area contributed by atoms with Gasteiger partial charge in [-0.3, -0.25) is 9.59 Å². The number of benzene rings is 2. The van der Waals surface area contributed by atoms with Crippen molar-refractivity contribution in [3.63, 3.8) is 0 Å². The Morgan fingerprint density at radius 3 is 2.37 bits per heavy atom. The average Bonchev–Trinajstić information content (AvgIpc) is 3.21. The number of likely N-dealkylation sites (tertiary alicyclic amines) is 2. The standard InChI is InChI=1S/C24H28N2O4/c1-29-20-11-10-19(16-21(20)30-2)22(27)26-15-7-13-24(26)12-6-14-25(23(24)28)17-18-8-4-3-5-9-18/h3-5,8-11,16H,6-7,12-15,17H2,1-2H3. The van der Waals surface area contributed by atoms with Crippen LogP contribution in [0.1, 0.15) is 41.6 Å². The molecule has 2 amide bonds. The molecular formula is C24H28N2O4. The summed E-state index contributed by atoms with van der Waals surface area (Å²) < 4.78 is 10.6. The molecule has 2 fully saturated rings. The fourth-order valence-electron chi connectivity index (χ4n) is 4.80. The fourth-order valence-corrected chi connectivity index (χ4v) is 4.80. The molecule has 0 bridgehead atoms. The first-order valence-corrected chi connectivity index (χ1v) is 10.5. The monoisotopic (exact) mass is 408 g/mol. The van der Waals surface area contributed by atoms with Gasteiger partial charge in [-0.15, -0.1) is 0 Å². The van der Waals surface area contributed by atoms with Gasteiger partial charge in [0.15, 0.2) is 11.5 Å². The maximum atomic E-state index is 13.6. The summed E-state index contributed by atoms with van der Waals surface area (Å²) in [5.74, 6) is 1.04. The highest BCUT2D eigenvalue weighted by Gasteiger charge is 2.52. The molecule has 6 heteroatoms. The molecule has 4 rings (SSSR count). The summed E-state index contributed by atoms with van der Waals surface area (Å²) in [6.07, 6.45) is 3.17. The van der Waals surface area contributed by atoms with Gasteiger partial charge in [-0.2, -0.15) is 0 Å². The topological polar surface area (TPSA) is 59.1 Å². The Balaban J connectivity index is 1.60. The van der Waals surface area contributed by atoms with Crippen molar-refractivity contribution >= 4 is 11.8 Å². The summed E-state index contributed by atoms with van der Waals surface area (Å²) in [4.78, 5) is 30.8. The summed E-state index contributed by atoms with van der Waals surface area (Å²) in [7, 11) is 3.12. The van der Waals surface area contributed by atoms with Crippen LogP contribution < -0.4 is 9.47 Å². The van der Waals surface area contributed by atoms with Crippen LogP contribution >= 0.6 is 0 Å². The molecule has 1 unspecified atom stereocenters. The van der Waals surface area contributed by atoms with Crippen LogP contribution in [0.2, 0.25) is 0 Å². The molecule has 0 N–H and O–H groups in total. The Hall–Kier alpha value is -3.02. The van der Waals surface area contributed by atoms with E-state index in [1.165, 1.54) is 0 Å². The van der Waals surface area contributed by atoms with Crippen LogP contribution in [0.5, 0.6) is 11.5 Å². The Morgan fingerprint density at radius 2 is 1.67 bits per heavy atom. The van der Waals surface area contributed by atoms with E-state index in [2.05, 4.69) is 0 Å². The van der Waals surface area contributed by atoms with Crippen molar-refractivity contribution in [3.05, 3.63) is 59.7 Å². The van der Waals surface area contributed by atoms with E-state index >= 15 is 0 Å². The van der Waals surface area contributed by atoms with Gasteiger partial charge in [0, 0.05) is 25.2 Å². The Bertz CT molecular complexity index is 930. The molecule has 30 heavy (non-hydrogen) atoms. The van der Waals surface area contributed by atoms with E-state index in [1.807, 2.05) is 35.2 Å². The smallest absolute Gasteiger partial charge is 0.254 e. The zero-order chi connectivity index (χ0) is 21.1. The highest BCUT2D eigenvalue weighted by molar-refractivity contribution is 6.00. The minimum atomic E-state index is -0.739. The lowest BCUT2D eigenvalue weighted by molar-refractivity contribution is -0.146. The van der Waals surface area contributed by atoms with E-state index in [9.17, 15) is 9.59 Å². The molecule has 2 aromatic carbocycles. The number of carbonyl (C=O) groups excluding carboxylic acids is 2. The van der Waals surface area contributed by atoms with Crippen molar-refractivity contribution in [3.8, 4) is 11.5 Å². The second-order valence-corrected chi connectivity index (χ2v) is 7.98. The lowest BCUT2D eigenvalue weighted by Gasteiger charge is -2.44. The van der Waals surface area contributed by atoms with Crippen molar-refractivity contribution in [1.29, 1.82) is 0 Å². The maximum Gasteiger partial charge on any atom is 0.254 e. The number of carbonyl (C=O) groups is 2. The molecule has 6 nitrogen and oxygen atoms in total. The first kappa shape index (κ1) is 20.3. The van der Waals surface area contributed by atoms with Crippen LogP contribution in [0.4, 0.5) is 0 Å². The van der Waals surface area contributed by atoms with Gasteiger partial charge in [0.1, 0.15) is 5.54 Å². The number of methoxy groups -OCH3 is 2. The molecule has 1 atom stereocenters. The van der Waals surface area contributed by atoms with E-state index in [0.29, 0.717) is 30.2 Å². The summed E-state index contributed by atoms with van der Waals surface area (Å²) in [6.45, 7) is 1.91. The lowest BCUT2D eigenvalue weighted by Crippen LogP contribution is -2.61. The number of hydrogen-bond acceptors (Lipinski definition) is 4. The number of rotatable bonds is 5. The van der Waals surface area contributed by atoms with Crippen molar-refractivity contribution in [1.82, 2.24) is 9.80 Å².